The number of rotatable bonds is 2. The van der Waals surface area contributed by atoms with Gasteiger partial charge in [-0.2, -0.15) is 0 Å². The van der Waals surface area contributed by atoms with Crippen LogP contribution in [0, 0.1) is 12.8 Å². The van der Waals surface area contributed by atoms with E-state index in [0.29, 0.717) is 5.69 Å². The van der Waals surface area contributed by atoms with Gasteiger partial charge < -0.3 is 14.6 Å². The van der Waals surface area contributed by atoms with Gasteiger partial charge in [-0.25, -0.2) is 4.98 Å². The summed E-state index contributed by atoms with van der Waals surface area (Å²) in [7, 11) is 0. The lowest BCUT2D eigenvalue weighted by Gasteiger charge is -2.30. The number of fused-ring (bicyclic) bond motifs is 3. The third-order valence-electron chi connectivity index (χ3n) is 4.78. The minimum absolute atomic E-state index is 0.0520. The topological polar surface area (TPSA) is 49.6 Å². The third kappa shape index (κ3) is 2.31. The van der Waals surface area contributed by atoms with E-state index in [-0.39, 0.29) is 11.9 Å². The summed E-state index contributed by atoms with van der Waals surface area (Å²) in [5.74, 6) is 0.705. The summed E-state index contributed by atoms with van der Waals surface area (Å²) in [6.45, 7) is 5.40. The Balaban J connectivity index is 1.50. The van der Waals surface area contributed by atoms with Crippen molar-refractivity contribution in [2.24, 2.45) is 5.92 Å². The molecule has 0 aliphatic carbocycles. The quantitative estimate of drug-likeness (QED) is 0.908. The molecule has 2 saturated heterocycles. The Bertz CT molecular complexity index is 681. The second kappa shape index (κ2) is 4.84. The van der Waals surface area contributed by atoms with Crippen LogP contribution in [0.15, 0.2) is 24.5 Å². The van der Waals surface area contributed by atoms with Crippen LogP contribution in [0.1, 0.15) is 29.0 Å². The first kappa shape index (κ1) is 12.8. The molecule has 2 aromatic rings. The summed E-state index contributed by atoms with van der Waals surface area (Å²) in [4.78, 5) is 19.1. The Morgan fingerprint density at radius 3 is 3.14 bits per heavy atom. The molecule has 3 atom stereocenters. The van der Waals surface area contributed by atoms with Gasteiger partial charge >= 0.3 is 0 Å². The number of carbonyl (C=O) groups excluding carboxylic acids is 1. The van der Waals surface area contributed by atoms with Gasteiger partial charge in [0, 0.05) is 30.3 Å². The molecular weight excluding hydrogens is 264 g/mol. The van der Waals surface area contributed by atoms with Crippen molar-refractivity contribution in [2.75, 3.05) is 19.6 Å². The van der Waals surface area contributed by atoms with Crippen molar-refractivity contribution in [1.29, 1.82) is 0 Å². The monoisotopic (exact) mass is 284 g/mol. The van der Waals surface area contributed by atoms with Crippen LogP contribution >= 0.6 is 0 Å². The van der Waals surface area contributed by atoms with E-state index in [1.54, 1.807) is 6.33 Å². The van der Waals surface area contributed by atoms with Crippen molar-refractivity contribution in [1.82, 2.24) is 19.6 Å². The average molecular weight is 284 g/mol. The van der Waals surface area contributed by atoms with E-state index in [1.165, 1.54) is 19.5 Å². The highest BCUT2D eigenvalue weighted by Crippen LogP contribution is 2.26. The van der Waals surface area contributed by atoms with Gasteiger partial charge in [0.1, 0.15) is 12.0 Å². The molecule has 2 bridgehead atoms. The van der Waals surface area contributed by atoms with Crippen LogP contribution < -0.4 is 5.32 Å². The van der Waals surface area contributed by atoms with Crippen molar-refractivity contribution in [2.45, 2.75) is 25.8 Å². The van der Waals surface area contributed by atoms with Crippen LogP contribution in [0.5, 0.6) is 0 Å². The zero-order valence-corrected chi connectivity index (χ0v) is 12.2. The fourth-order valence-electron chi connectivity index (χ4n) is 3.69. The maximum Gasteiger partial charge on any atom is 0.270 e. The van der Waals surface area contributed by atoms with Crippen LogP contribution in [-0.2, 0) is 0 Å². The Morgan fingerprint density at radius 2 is 2.29 bits per heavy atom. The van der Waals surface area contributed by atoms with Gasteiger partial charge in [0.05, 0.1) is 0 Å². The van der Waals surface area contributed by atoms with E-state index in [0.717, 1.165) is 30.1 Å². The highest BCUT2D eigenvalue weighted by atomic mass is 16.1. The summed E-state index contributed by atoms with van der Waals surface area (Å²) >= 11 is 0. The van der Waals surface area contributed by atoms with Crippen molar-refractivity contribution in [3.05, 3.63) is 35.9 Å². The van der Waals surface area contributed by atoms with E-state index >= 15 is 0 Å². The Kier molecular flexibility index (Phi) is 2.96. The van der Waals surface area contributed by atoms with Crippen LogP contribution in [-0.4, -0.2) is 45.9 Å². The molecular formula is C16H20N4O. The van der Waals surface area contributed by atoms with Gasteiger partial charge in [-0.3, -0.25) is 4.79 Å². The van der Waals surface area contributed by atoms with E-state index in [1.807, 2.05) is 29.5 Å². The molecule has 0 saturated carbocycles. The van der Waals surface area contributed by atoms with Crippen molar-refractivity contribution in [3.63, 3.8) is 0 Å². The van der Waals surface area contributed by atoms with E-state index in [2.05, 4.69) is 15.2 Å². The number of hydrogen-bond acceptors (Lipinski definition) is 3. The fraction of sp³-hybridized carbons (Fsp3) is 0.500. The molecule has 0 aromatic carbocycles. The summed E-state index contributed by atoms with van der Waals surface area (Å²) in [6.07, 6.45) is 4.11. The normalized spacial score (nSPS) is 28.0. The van der Waals surface area contributed by atoms with Crippen LogP contribution in [0.25, 0.3) is 5.52 Å². The Labute approximate surface area is 124 Å². The minimum atomic E-state index is -0.0520. The molecule has 5 nitrogen and oxygen atoms in total. The zero-order chi connectivity index (χ0) is 14.4. The number of hydrogen-bond donors (Lipinski definition) is 1. The first-order valence-corrected chi connectivity index (χ1v) is 7.66. The molecule has 5 heteroatoms. The standard InChI is InChI=1S/C16H20N4O/c1-11-2-3-14-7-15(17-10-20(11)14)16(21)18-13-6-12-4-5-19(8-12)9-13/h2-3,7,10,12-13H,4-6,8-9H2,1H3,(H,18,21)/t12-,13-/m1/s1. The average Bonchev–Trinajstić information content (AvgIpc) is 3.02. The Morgan fingerprint density at radius 1 is 1.38 bits per heavy atom. The number of aromatic nitrogens is 2. The summed E-state index contributed by atoms with van der Waals surface area (Å²) < 4.78 is 1.99. The van der Waals surface area contributed by atoms with Crippen LogP contribution in [0.3, 0.4) is 0 Å². The van der Waals surface area contributed by atoms with Gasteiger partial charge in [0.2, 0.25) is 0 Å². The minimum Gasteiger partial charge on any atom is -0.347 e. The SMILES string of the molecule is Cc1ccc2cc(C(=O)N[C@@H]3C[C@H]4CCN(C4)C3)ncn12. The Hall–Kier alpha value is -1.88. The van der Waals surface area contributed by atoms with E-state index < -0.39 is 0 Å². The lowest BCUT2D eigenvalue weighted by Crippen LogP contribution is -2.47. The van der Waals surface area contributed by atoms with Crippen molar-refractivity contribution >= 4 is 11.4 Å². The van der Waals surface area contributed by atoms with E-state index in [9.17, 15) is 4.79 Å². The molecule has 1 amide bonds. The summed E-state index contributed by atoms with van der Waals surface area (Å²) in [6, 6.07) is 6.18. The highest BCUT2D eigenvalue weighted by Gasteiger charge is 2.33. The third-order valence-corrected chi connectivity index (χ3v) is 4.78. The number of piperidine rings is 1. The van der Waals surface area contributed by atoms with E-state index in [4.69, 9.17) is 0 Å². The van der Waals surface area contributed by atoms with Crippen LogP contribution in [0.4, 0.5) is 0 Å². The first-order chi connectivity index (χ1) is 10.2. The molecule has 2 aliphatic rings. The highest BCUT2D eigenvalue weighted by molar-refractivity contribution is 5.93. The van der Waals surface area contributed by atoms with Gasteiger partial charge in [-0.05, 0) is 50.4 Å². The maximum absolute atomic E-state index is 12.4. The van der Waals surface area contributed by atoms with Crippen molar-refractivity contribution < 1.29 is 4.79 Å². The molecule has 0 spiro atoms. The van der Waals surface area contributed by atoms with Gasteiger partial charge in [0.25, 0.3) is 5.91 Å². The lowest BCUT2D eigenvalue weighted by molar-refractivity contribution is 0.0904. The number of carbonyl (C=O) groups is 1. The smallest absolute Gasteiger partial charge is 0.270 e. The molecule has 2 fully saturated rings. The summed E-state index contributed by atoms with van der Waals surface area (Å²) in [5, 5.41) is 3.16. The molecule has 21 heavy (non-hydrogen) atoms. The molecule has 1 unspecified atom stereocenters. The van der Waals surface area contributed by atoms with Gasteiger partial charge in [-0.1, -0.05) is 0 Å². The van der Waals surface area contributed by atoms with Gasteiger partial charge in [-0.15, -0.1) is 0 Å². The molecule has 2 aliphatic heterocycles. The first-order valence-electron chi connectivity index (χ1n) is 7.66. The number of nitrogens with zero attached hydrogens (tertiary/aromatic N) is 3. The number of amides is 1. The maximum atomic E-state index is 12.4. The van der Waals surface area contributed by atoms with Crippen LogP contribution in [0.2, 0.25) is 0 Å². The predicted molar refractivity (Wildman–Crippen MR) is 80.3 cm³/mol. The molecule has 110 valence electrons. The molecule has 1 N–H and O–H groups in total. The molecule has 4 rings (SSSR count). The zero-order valence-electron chi connectivity index (χ0n) is 12.2. The van der Waals surface area contributed by atoms with Gasteiger partial charge in [0.15, 0.2) is 0 Å². The molecule has 4 heterocycles. The second-order valence-corrected chi connectivity index (χ2v) is 6.36. The molecule has 0 radical (unpaired) electrons. The lowest BCUT2D eigenvalue weighted by atomic mass is 9.97. The number of nitrogens with one attached hydrogen (secondary N) is 1. The number of aryl methyl sites for hydroxylation is 1. The summed E-state index contributed by atoms with van der Waals surface area (Å²) in [5.41, 5.74) is 2.65. The largest absolute Gasteiger partial charge is 0.347 e. The second-order valence-electron chi connectivity index (χ2n) is 6.36. The predicted octanol–water partition coefficient (Wildman–Crippen LogP) is 1.47. The molecule has 2 aromatic heterocycles. The fourth-order valence-corrected chi connectivity index (χ4v) is 3.69. The van der Waals surface area contributed by atoms with Crippen molar-refractivity contribution in [3.8, 4) is 0 Å².